The van der Waals surface area contributed by atoms with Crippen LogP contribution in [0.15, 0.2) is 59.5 Å². The molecular formula is C18H20N2O3S. The highest BCUT2D eigenvalue weighted by atomic mass is 32.2. The van der Waals surface area contributed by atoms with E-state index in [4.69, 9.17) is 5.26 Å². The van der Waals surface area contributed by atoms with Gasteiger partial charge in [0.25, 0.3) is 0 Å². The maximum Gasteiger partial charge on any atom is 0.243 e. The molecule has 2 aromatic carbocycles. The summed E-state index contributed by atoms with van der Waals surface area (Å²) in [5.74, 6) is 0. The Morgan fingerprint density at radius 2 is 1.79 bits per heavy atom. The number of hydrogen-bond acceptors (Lipinski definition) is 4. The third-order valence-electron chi connectivity index (χ3n) is 3.37. The summed E-state index contributed by atoms with van der Waals surface area (Å²) in [6.45, 7) is 3.21. The lowest BCUT2D eigenvalue weighted by Gasteiger charge is -2.28. The fourth-order valence-electron chi connectivity index (χ4n) is 2.32. The first kappa shape index (κ1) is 18.1. The van der Waals surface area contributed by atoms with Crippen molar-refractivity contribution in [2.24, 2.45) is 0 Å². The van der Waals surface area contributed by atoms with Crippen LogP contribution in [0.3, 0.4) is 0 Å². The van der Waals surface area contributed by atoms with Gasteiger partial charge < -0.3 is 5.11 Å². The summed E-state index contributed by atoms with van der Waals surface area (Å²) >= 11 is 0. The zero-order valence-electron chi connectivity index (χ0n) is 13.7. The second kappa shape index (κ2) is 7.14. The van der Waals surface area contributed by atoms with E-state index in [1.807, 2.05) is 36.4 Å². The number of hydrogen-bond donors (Lipinski definition) is 1. The van der Waals surface area contributed by atoms with Crippen LogP contribution in [-0.2, 0) is 16.6 Å². The third-order valence-corrected chi connectivity index (χ3v) is 5.15. The molecule has 24 heavy (non-hydrogen) atoms. The van der Waals surface area contributed by atoms with Crippen LogP contribution in [-0.4, -0.2) is 30.0 Å². The summed E-state index contributed by atoms with van der Waals surface area (Å²) in [6.07, 6.45) is 0. The second-order valence-electron chi connectivity index (χ2n) is 6.21. The van der Waals surface area contributed by atoms with Crippen molar-refractivity contribution in [1.82, 2.24) is 4.31 Å². The van der Waals surface area contributed by atoms with Gasteiger partial charge in [0.2, 0.25) is 10.0 Å². The van der Waals surface area contributed by atoms with Crippen molar-refractivity contribution >= 4 is 10.0 Å². The molecule has 2 rings (SSSR count). The molecule has 2 aromatic rings. The number of nitrogens with zero attached hydrogens (tertiary/aromatic N) is 2. The Hall–Kier alpha value is -2.20. The smallest absolute Gasteiger partial charge is 0.243 e. The highest BCUT2D eigenvalue weighted by Crippen LogP contribution is 2.21. The highest BCUT2D eigenvalue weighted by Gasteiger charge is 2.29. The molecule has 0 aliphatic carbocycles. The molecule has 0 saturated heterocycles. The summed E-state index contributed by atoms with van der Waals surface area (Å²) in [7, 11) is -3.84. The van der Waals surface area contributed by atoms with Gasteiger partial charge in [0.1, 0.15) is 0 Å². The van der Waals surface area contributed by atoms with E-state index in [1.165, 1.54) is 22.5 Å². The molecule has 126 valence electrons. The van der Waals surface area contributed by atoms with Crippen molar-refractivity contribution in [1.29, 1.82) is 5.26 Å². The summed E-state index contributed by atoms with van der Waals surface area (Å²) in [6, 6.07) is 17.0. The van der Waals surface area contributed by atoms with Crippen molar-refractivity contribution in [3.63, 3.8) is 0 Å². The van der Waals surface area contributed by atoms with Gasteiger partial charge in [-0.1, -0.05) is 36.4 Å². The lowest BCUT2D eigenvalue weighted by atomic mass is 10.1. The fraction of sp³-hybridized carbons (Fsp3) is 0.278. The summed E-state index contributed by atoms with van der Waals surface area (Å²) in [4.78, 5) is 0.0433. The van der Waals surface area contributed by atoms with E-state index in [2.05, 4.69) is 0 Å². The van der Waals surface area contributed by atoms with Crippen LogP contribution in [0.4, 0.5) is 0 Å². The number of rotatable bonds is 6. The molecular weight excluding hydrogens is 324 g/mol. The Bertz CT molecular complexity index is 835. The van der Waals surface area contributed by atoms with Crippen LogP contribution in [0.2, 0.25) is 0 Å². The summed E-state index contributed by atoms with van der Waals surface area (Å²) in [5.41, 5.74) is -0.0879. The van der Waals surface area contributed by atoms with Crippen LogP contribution < -0.4 is 0 Å². The molecule has 1 N–H and O–H groups in total. The van der Waals surface area contributed by atoms with Crippen molar-refractivity contribution in [2.45, 2.75) is 30.9 Å². The maximum atomic E-state index is 13.0. The van der Waals surface area contributed by atoms with Gasteiger partial charge in [0.05, 0.1) is 22.1 Å². The molecule has 0 aliphatic rings. The molecule has 0 unspecified atom stereocenters. The van der Waals surface area contributed by atoms with Crippen molar-refractivity contribution < 1.29 is 13.5 Å². The zero-order valence-corrected chi connectivity index (χ0v) is 14.5. The minimum Gasteiger partial charge on any atom is -0.389 e. The first-order chi connectivity index (χ1) is 11.2. The Kier molecular flexibility index (Phi) is 5.40. The first-order valence-electron chi connectivity index (χ1n) is 7.49. The molecule has 6 heteroatoms. The normalized spacial score (nSPS) is 12.1. The third kappa shape index (κ3) is 4.65. The predicted octanol–water partition coefficient (Wildman–Crippen LogP) is 2.52. The van der Waals surface area contributed by atoms with E-state index in [0.29, 0.717) is 0 Å². The monoisotopic (exact) mass is 344 g/mol. The molecule has 0 bridgehead atoms. The molecule has 0 heterocycles. The molecule has 0 atom stereocenters. The molecule has 5 nitrogen and oxygen atoms in total. The average Bonchev–Trinajstić information content (AvgIpc) is 2.54. The Morgan fingerprint density at radius 1 is 1.12 bits per heavy atom. The van der Waals surface area contributed by atoms with Crippen LogP contribution in [0, 0.1) is 11.3 Å². The minimum atomic E-state index is -3.84. The van der Waals surface area contributed by atoms with Gasteiger partial charge in [0.15, 0.2) is 0 Å². The SMILES string of the molecule is CC(C)(O)CN(Cc1ccccc1)S(=O)(=O)c1cccc(C#N)c1. The van der Waals surface area contributed by atoms with E-state index in [1.54, 1.807) is 19.9 Å². The Labute approximate surface area is 142 Å². The largest absolute Gasteiger partial charge is 0.389 e. The van der Waals surface area contributed by atoms with E-state index in [-0.39, 0.29) is 23.5 Å². The predicted molar refractivity (Wildman–Crippen MR) is 91.5 cm³/mol. The minimum absolute atomic E-state index is 0.0433. The van der Waals surface area contributed by atoms with Crippen LogP contribution in [0.5, 0.6) is 0 Å². The molecule has 0 radical (unpaired) electrons. The van der Waals surface area contributed by atoms with Gasteiger partial charge >= 0.3 is 0 Å². The van der Waals surface area contributed by atoms with Gasteiger partial charge in [-0.25, -0.2) is 8.42 Å². The molecule has 0 spiro atoms. The van der Waals surface area contributed by atoms with Gasteiger partial charge in [-0.15, -0.1) is 0 Å². The average molecular weight is 344 g/mol. The molecule has 0 fully saturated rings. The quantitative estimate of drug-likeness (QED) is 0.873. The molecule has 0 aliphatic heterocycles. The standard InChI is InChI=1S/C18H20N2O3S/c1-18(2,21)14-20(13-15-7-4-3-5-8-15)24(22,23)17-10-6-9-16(11-17)12-19/h3-11,21H,13-14H2,1-2H3. The molecule has 0 aromatic heterocycles. The second-order valence-corrected chi connectivity index (χ2v) is 8.15. The zero-order chi connectivity index (χ0) is 17.8. The number of benzene rings is 2. The lowest BCUT2D eigenvalue weighted by Crippen LogP contribution is -2.41. The lowest BCUT2D eigenvalue weighted by molar-refractivity contribution is 0.0577. The highest BCUT2D eigenvalue weighted by molar-refractivity contribution is 7.89. The number of sulfonamides is 1. The topological polar surface area (TPSA) is 81.4 Å². The Balaban J connectivity index is 2.42. The summed E-state index contributed by atoms with van der Waals surface area (Å²) < 4.78 is 27.2. The maximum absolute atomic E-state index is 13.0. The summed E-state index contributed by atoms with van der Waals surface area (Å²) in [5, 5.41) is 19.1. The Morgan fingerprint density at radius 3 is 2.38 bits per heavy atom. The fourth-order valence-corrected chi connectivity index (χ4v) is 3.95. The van der Waals surface area contributed by atoms with Crippen molar-refractivity contribution in [3.8, 4) is 6.07 Å². The van der Waals surface area contributed by atoms with Gasteiger partial charge in [-0.2, -0.15) is 9.57 Å². The van der Waals surface area contributed by atoms with Crippen LogP contribution in [0.25, 0.3) is 0 Å². The molecule has 0 amide bonds. The van der Waals surface area contributed by atoms with Crippen molar-refractivity contribution in [2.75, 3.05) is 6.54 Å². The van der Waals surface area contributed by atoms with Gasteiger partial charge in [0, 0.05) is 13.1 Å². The van der Waals surface area contributed by atoms with Gasteiger partial charge in [-0.3, -0.25) is 0 Å². The van der Waals surface area contributed by atoms with E-state index < -0.39 is 15.6 Å². The molecule has 0 saturated carbocycles. The number of aliphatic hydroxyl groups is 1. The van der Waals surface area contributed by atoms with Gasteiger partial charge in [-0.05, 0) is 37.6 Å². The van der Waals surface area contributed by atoms with Crippen LogP contribution in [0.1, 0.15) is 25.0 Å². The van der Waals surface area contributed by atoms with Crippen LogP contribution >= 0.6 is 0 Å². The van der Waals surface area contributed by atoms with E-state index in [0.717, 1.165) is 5.56 Å². The first-order valence-corrected chi connectivity index (χ1v) is 8.93. The number of nitriles is 1. The van der Waals surface area contributed by atoms with Crippen molar-refractivity contribution in [3.05, 3.63) is 65.7 Å². The van der Waals surface area contributed by atoms with E-state index in [9.17, 15) is 13.5 Å². The van der Waals surface area contributed by atoms with E-state index >= 15 is 0 Å².